The van der Waals surface area contributed by atoms with Crippen molar-refractivity contribution >= 4 is 61.7 Å². The minimum Gasteiger partial charge on any atom is -0.324 e. The van der Waals surface area contributed by atoms with Crippen LogP contribution >= 0.6 is 50.1 Å². The molecule has 1 aromatic carbocycles. The average molecular weight is 388 g/mol. The van der Waals surface area contributed by atoms with Crippen molar-refractivity contribution in [3.05, 3.63) is 26.8 Å². The number of amides is 1. The molecule has 2 nitrogen and oxygen atoms in total. The van der Waals surface area contributed by atoms with Crippen molar-refractivity contribution in [2.75, 3.05) is 5.32 Å². The second kappa shape index (κ2) is 5.32. The number of hydrogen-bond acceptors (Lipinski definition) is 1. The quantitative estimate of drug-likeness (QED) is 0.608. The van der Waals surface area contributed by atoms with Crippen LogP contribution in [0.1, 0.15) is 6.92 Å². The fourth-order valence-electron chi connectivity index (χ4n) is 0.823. The van der Waals surface area contributed by atoms with Crippen LogP contribution in [-0.4, -0.2) is 10.7 Å². The summed E-state index contributed by atoms with van der Waals surface area (Å²) in [5.74, 6) is -0.104. The maximum absolute atomic E-state index is 11.3. The zero-order valence-electron chi connectivity index (χ0n) is 7.35. The third kappa shape index (κ3) is 3.40. The van der Waals surface area contributed by atoms with Crippen molar-refractivity contribution in [2.45, 2.75) is 11.8 Å². The molecule has 0 aliphatic rings. The number of anilines is 1. The fraction of sp³-hybridized carbons (Fsp3) is 0.222. The van der Waals surface area contributed by atoms with Gasteiger partial charge in [-0.05, 0) is 47.7 Å². The predicted molar refractivity (Wildman–Crippen MR) is 71.2 cm³/mol. The Hall–Kier alpha value is 0.190. The molecule has 1 N–H and O–H groups in total. The molecule has 0 bridgehead atoms. The Balaban J connectivity index is 2.82. The average Bonchev–Trinajstić information content (AvgIpc) is 2.09. The van der Waals surface area contributed by atoms with E-state index >= 15 is 0 Å². The normalized spacial score (nSPS) is 12.3. The lowest BCUT2D eigenvalue weighted by Gasteiger charge is -2.08. The summed E-state index contributed by atoms with van der Waals surface area (Å²) in [7, 11) is 0. The molecule has 1 atom stereocenters. The Kier molecular flexibility index (Phi) is 4.66. The molecular weight excluding hydrogens is 380 g/mol. The lowest BCUT2D eigenvalue weighted by Crippen LogP contribution is -2.20. The lowest BCUT2D eigenvalue weighted by atomic mass is 10.3. The summed E-state index contributed by atoms with van der Waals surface area (Å²) in [5.41, 5.74) is 0.642. The van der Waals surface area contributed by atoms with E-state index in [1.54, 1.807) is 19.1 Å². The second-order valence-corrected chi connectivity index (χ2v) is 5.76. The largest absolute Gasteiger partial charge is 0.324 e. The van der Waals surface area contributed by atoms with Gasteiger partial charge in [-0.25, -0.2) is 0 Å². The summed E-state index contributed by atoms with van der Waals surface area (Å²) in [5, 5.41) is 3.27. The van der Waals surface area contributed by atoms with Gasteiger partial charge in [0.05, 0.1) is 15.5 Å². The van der Waals surface area contributed by atoms with Crippen molar-refractivity contribution in [2.24, 2.45) is 0 Å². The van der Waals surface area contributed by atoms with Crippen LogP contribution in [0.25, 0.3) is 0 Å². The Morgan fingerprint density at radius 3 is 2.79 bits per heavy atom. The standard InChI is InChI=1S/C9H8BrClINO/c1-5(10)9(14)13-8-3-2-6(12)4-7(8)11/h2-5H,1H3,(H,13,14). The second-order valence-electron chi connectivity index (χ2n) is 2.73. The third-order valence-corrected chi connectivity index (χ3v) is 2.95. The predicted octanol–water partition coefficient (Wildman–Crippen LogP) is 3.67. The molecular formula is C9H8BrClINO. The molecule has 0 heterocycles. The van der Waals surface area contributed by atoms with Crippen molar-refractivity contribution in [3.63, 3.8) is 0 Å². The van der Waals surface area contributed by atoms with Gasteiger partial charge in [-0.3, -0.25) is 4.79 Å². The first-order chi connectivity index (χ1) is 6.50. The fourth-order valence-corrected chi connectivity index (χ4v) is 1.84. The molecule has 0 aromatic heterocycles. The van der Waals surface area contributed by atoms with Crippen LogP contribution in [0.4, 0.5) is 5.69 Å². The SMILES string of the molecule is CC(Br)C(=O)Nc1ccc(I)cc1Cl. The van der Waals surface area contributed by atoms with Gasteiger partial charge < -0.3 is 5.32 Å². The van der Waals surface area contributed by atoms with Gasteiger partial charge in [0.1, 0.15) is 0 Å². The van der Waals surface area contributed by atoms with E-state index in [1.165, 1.54) is 0 Å². The third-order valence-electron chi connectivity index (χ3n) is 1.55. The number of benzene rings is 1. The molecule has 14 heavy (non-hydrogen) atoms. The van der Waals surface area contributed by atoms with Crippen LogP contribution in [0, 0.1) is 3.57 Å². The van der Waals surface area contributed by atoms with Gasteiger partial charge in [-0.15, -0.1) is 0 Å². The van der Waals surface area contributed by atoms with Crippen LogP contribution in [0.3, 0.4) is 0 Å². The monoisotopic (exact) mass is 387 g/mol. The van der Waals surface area contributed by atoms with Gasteiger partial charge in [0.25, 0.3) is 0 Å². The van der Waals surface area contributed by atoms with Crippen LogP contribution < -0.4 is 5.32 Å². The summed E-state index contributed by atoms with van der Waals surface area (Å²) in [4.78, 5) is 11.1. The molecule has 0 saturated carbocycles. The lowest BCUT2D eigenvalue weighted by molar-refractivity contribution is -0.115. The van der Waals surface area contributed by atoms with Gasteiger partial charge >= 0.3 is 0 Å². The van der Waals surface area contributed by atoms with Gasteiger partial charge in [0.15, 0.2) is 0 Å². The maximum Gasteiger partial charge on any atom is 0.237 e. The molecule has 0 aliphatic carbocycles. The molecule has 0 radical (unpaired) electrons. The summed E-state index contributed by atoms with van der Waals surface area (Å²) in [6.45, 7) is 1.76. The van der Waals surface area contributed by atoms with E-state index in [4.69, 9.17) is 11.6 Å². The number of carbonyl (C=O) groups excluding carboxylic acids is 1. The minimum atomic E-state index is -0.224. The van der Waals surface area contributed by atoms with Crippen molar-refractivity contribution in [1.82, 2.24) is 0 Å². The number of halogens is 3. The summed E-state index contributed by atoms with van der Waals surface area (Å²) >= 11 is 11.3. The zero-order chi connectivity index (χ0) is 10.7. The van der Waals surface area contributed by atoms with Crippen molar-refractivity contribution in [1.29, 1.82) is 0 Å². The van der Waals surface area contributed by atoms with E-state index < -0.39 is 0 Å². The summed E-state index contributed by atoms with van der Waals surface area (Å²) in [6, 6.07) is 5.48. The van der Waals surface area contributed by atoms with E-state index in [2.05, 4.69) is 43.8 Å². The molecule has 1 rings (SSSR count). The molecule has 1 aromatic rings. The number of rotatable bonds is 2. The molecule has 0 saturated heterocycles. The molecule has 1 unspecified atom stereocenters. The van der Waals surface area contributed by atoms with Gasteiger partial charge in [-0.1, -0.05) is 27.5 Å². The Bertz CT molecular complexity index is 357. The van der Waals surface area contributed by atoms with E-state index in [0.717, 1.165) is 3.57 Å². The zero-order valence-corrected chi connectivity index (χ0v) is 11.9. The molecule has 76 valence electrons. The first kappa shape index (κ1) is 12.3. The molecule has 0 fully saturated rings. The first-order valence-corrected chi connectivity index (χ1v) is 6.28. The van der Waals surface area contributed by atoms with Crippen LogP contribution in [0.15, 0.2) is 18.2 Å². The molecule has 1 amide bonds. The Morgan fingerprint density at radius 2 is 2.29 bits per heavy atom. The highest BCUT2D eigenvalue weighted by Gasteiger charge is 2.10. The number of carbonyl (C=O) groups is 1. The van der Waals surface area contributed by atoms with Crippen LogP contribution in [0.2, 0.25) is 5.02 Å². The highest BCUT2D eigenvalue weighted by atomic mass is 127. The Morgan fingerprint density at radius 1 is 1.64 bits per heavy atom. The van der Waals surface area contributed by atoms with Gasteiger partial charge in [-0.2, -0.15) is 0 Å². The molecule has 5 heteroatoms. The van der Waals surface area contributed by atoms with Gasteiger partial charge in [0, 0.05) is 3.57 Å². The Labute approximate surface area is 110 Å². The number of nitrogens with one attached hydrogen (secondary N) is 1. The van der Waals surface area contributed by atoms with Gasteiger partial charge in [0.2, 0.25) is 5.91 Å². The number of alkyl halides is 1. The van der Waals surface area contributed by atoms with E-state index in [9.17, 15) is 4.79 Å². The molecule has 0 aliphatic heterocycles. The van der Waals surface area contributed by atoms with E-state index in [1.807, 2.05) is 6.07 Å². The molecule has 0 spiro atoms. The smallest absolute Gasteiger partial charge is 0.237 e. The topological polar surface area (TPSA) is 29.1 Å². The number of hydrogen-bond donors (Lipinski definition) is 1. The highest BCUT2D eigenvalue weighted by molar-refractivity contribution is 14.1. The first-order valence-electron chi connectivity index (χ1n) is 3.90. The van der Waals surface area contributed by atoms with Crippen LogP contribution in [-0.2, 0) is 4.79 Å². The van der Waals surface area contributed by atoms with Crippen molar-refractivity contribution in [3.8, 4) is 0 Å². The minimum absolute atomic E-state index is 0.104. The summed E-state index contributed by atoms with van der Waals surface area (Å²) < 4.78 is 1.04. The van der Waals surface area contributed by atoms with E-state index in [0.29, 0.717) is 10.7 Å². The van der Waals surface area contributed by atoms with Crippen LogP contribution in [0.5, 0.6) is 0 Å². The van der Waals surface area contributed by atoms with E-state index in [-0.39, 0.29) is 10.7 Å². The highest BCUT2D eigenvalue weighted by Crippen LogP contribution is 2.24. The summed E-state index contributed by atoms with van der Waals surface area (Å²) in [6.07, 6.45) is 0. The van der Waals surface area contributed by atoms with Crippen molar-refractivity contribution < 1.29 is 4.79 Å². The maximum atomic E-state index is 11.3.